The van der Waals surface area contributed by atoms with Crippen molar-refractivity contribution in [2.45, 2.75) is 32.6 Å². The monoisotopic (exact) mass is 342 g/mol. The molecule has 0 aliphatic heterocycles. The molecule has 1 heterocycles. The van der Waals surface area contributed by atoms with Gasteiger partial charge in [-0.05, 0) is 47.5 Å². The van der Waals surface area contributed by atoms with E-state index in [0.717, 1.165) is 55.4 Å². The van der Waals surface area contributed by atoms with Crippen LogP contribution < -0.4 is 10.6 Å². The smallest absolute Gasteiger partial charge is 0.224 e. The predicted molar refractivity (Wildman–Crippen MR) is 85.2 cm³/mol. The number of nitrogens with one attached hydrogen (secondary N) is 2. The lowest BCUT2D eigenvalue weighted by Crippen LogP contribution is -2.10. The first-order valence-corrected chi connectivity index (χ1v) is 8.17. The summed E-state index contributed by atoms with van der Waals surface area (Å²) in [5, 5.41) is 6.50. The molecule has 1 aliphatic carbocycles. The molecule has 112 valence electrons. The highest BCUT2D eigenvalue weighted by atomic mass is 79.9. The molecule has 0 radical (unpaired) electrons. The van der Waals surface area contributed by atoms with Gasteiger partial charge in [-0.2, -0.15) is 4.98 Å². The molecule has 2 N–H and O–H groups in total. The summed E-state index contributed by atoms with van der Waals surface area (Å²) in [6, 6.07) is 0. The van der Waals surface area contributed by atoms with Crippen molar-refractivity contribution >= 4 is 27.7 Å². The minimum Gasteiger partial charge on any atom is -0.381 e. The van der Waals surface area contributed by atoms with Crippen molar-refractivity contribution in [1.82, 2.24) is 9.97 Å². The van der Waals surface area contributed by atoms with Gasteiger partial charge in [0, 0.05) is 32.5 Å². The third-order valence-corrected chi connectivity index (χ3v) is 3.67. The number of hydrogen-bond donors (Lipinski definition) is 2. The van der Waals surface area contributed by atoms with E-state index in [9.17, 15) is 0 Å². The zero-order valence-corrected chi connectivity index (χ0v) is 13.6. The van der Waals surface area contributed by atoms with Crippen molar-refractivity contribution in [3.05, 3.63) is 10.7 Å². The minimum atomic E-state index is 0.669. The topological polar surface area (TPSA) is 59.1 Å². The van der Waals surface area contributed by atoms with E-state index in [-0.39, 0.29) is 0 Å². The highest BCUT2D eigenvalue weighted by molar-refractivity contribution is 9.10. The van der Waals surface area contributed by atoms with Gasteiger partial charge in [-0.1, -0.05) is 6.92 Å². The number of halogens is 1. The maximum absolute atomic E-state index is 5.61. The van der Waals surface area contributed by atoms with Gasteiger partial charge in [0.05, 0.1) is 4.47 Å². The van der Waals surface area contributed by atoms with Gasteiger partial charge < -0.3 is 15.4 Å². The van der Waals surface area contributed by atoms with Crippen LogP contribution in [0.1, 0.15) is 32.6 Å². The molecule has 20 heavy (non-hydrogen) atoms. The summed E-state index contributed by atoms with van der Waals surface area (Å²) in [6.45, 7) is 5.60. The molecule has 1 aromatic heterocycles. The van der Waals surface area contributed by atoms with Gasteiger partial charge in [-0.25, -0.2) is 4.98 Å². The molecule has 0 unspecified atom stereocenters. The molecule has 1 aromatic rings. The fourth-order valence-electron chi connectivity index (χ4n) is 1.73. The Morgan fingerprint density at radius 3 is 2.95 bits per heavy atom. The van der Waals surface area contributed by atoms with Crippen molar-refractivity contribution in [3.8, 4) is 0 Å². The standard InChI is InChI=1S/C14H23BrN4O/c1-2-6-17-14-18-9-12(15)13(19-14)16-7-3-8-20-10-11-4-5-11/h9,11H,2-8,10H2,1H3,(H2,16,17,18,19). The summed E-state index contributed by atoms with van der Waals surface area (Å²) < 4.78 is 6.49. The number of anilines is 2. The molecule has 0 atom stereocenters. The van der Waals surface area contributed by atoms with Gasteiger partial charge in [0.15, 0.2) is 0 Å². The lowest BCUT2D eigenvalue weighted by molar-refractivity contribution is 0.124. The zero-order chi connectivity index (χ0) is 14.2. The number of rotatable bonds is 10. The Balaban J connectivity index is 1.67. The third-order valence-electron chi connectivity index (χ3n) is 3.09. The fraction of sp³-hybridized carbons (Fsp3) is 0.714. The maximum atomic E-state index is 5.61. The molecule has 1 aliphatic rings. The molecule has 5 nitrogen and oxygen atoms in total. The van der Waals surface area contributed by atoms with Crippen LogP contribution >= 0.6 is 15.9 Å². The molecule has 0 aromatic carbocycles. The summed E-state index contributed by atoms with van der Waals surface area (Å²) in [7, 11) is 0. The van der Waals surface area contributed by atoms with E-state index >= 15 is 0 Å². The Morgan fingerprint density at radius 2 is 2.20 bits per heavy atom. The Morgan fingerprint density at radius 1 is 1.35 bits per heavy atom. The van der Waals surface area contributed by atoms with Gasteiger partial charge in [0.2, 0.25) is 5.95 Å². The van der Waals surface area contributed by atoms with Crippen molar-refractivity contribution in [3.63, 3.8) is 0 Å². The first-order chi connectivity index (χ1) is 9.79. The molecular formula is C14H23BrN4O. The summed E-state index contributed by atoms with van der Waals surface area (Å²) in [5.41, 5.74) is 0. The summed E-state index contributed by atoms with van der Waals surface area (Å²) in [5.74, 6) is 2.34. The van der Waals surface area contributed by atoms with E-state index in [4.69, 9.17) is 4.74 Å². The van der Waals surface area contributed by atoms with Crippen molar-refractivity contribution in [2.24, 2.45) is 5.92 Å². The van der Waals surface area contributed by atoms with E-state index in [1.807, 2.05) is 0 Å². The van der Waals surface area contributed by atoms with E-state index in [0.29, 0.717) is 5.95 Å². The van der Waals surface area contributed by atoms with Gasteiger partial charge in [-0.3, -0.25) is 0 Å². The maximum Gasteiger partial charge on any atom is 0.224 e. The van der Waals surface area contributed by atoms with Crippen LogP contribution in [0, 0.1) is 5.92 Å². The molecule has 1 saturated carbocycles. The molecule has 6 heteroatoms. The Kier molecular flexibility index (Phi) is 6.53. The molecule has 2 rings (SSSR count). The number of nitrogens with zero attached hydrogens (tertiary/aromatic N) is 2. The van der Waals surface area contributed by atoms with Crippen LogP contribution in [0.25, 0.3) is 0 Å². The average molecular weight is 343 g/mol. The summed E-state index contributed by atoms with van der Waals surface area (Å²) in [4.78, 5) is 8.67. The lowest BCUT2D eigenvalue weighted by atomic mass is 10.4. The first kappa shape index (κ1) is 15.5. The third kappa shape index (κ3) is 5.63. The molecule has 0 amide bonds. The molecular weight excluding hydrogens is 320 g/mol. The normalized spacial score (nSPS) is 14.3. The highest BCUT2D eigenvalue weighted by Gasteiger charge is 2.20. The van der Waals surface area contributed by atoms with Crippen LogP contribution in [-0.2, 0) is 4.74 Å². The number of ether oxygens (including phenoxy) is 1. The number of hydrogen-bond acceptors (Lipinski definition) is 5. The first-order valence-electron chi connectivity index (χ1n) is 7.37. The SMILES string of the molecule is CCCNc1ncc(Br)c(NCCCOCC2CC2)n1. The molecule has 0 spiro atoms. The van der Waals surface area contributed by atoms with Gasteiger partial charge in [0.25, 0.3) is 0 Å². The van der Waals surface area contributed by atoms with Crippen LogP contribution in [0.4, 0.5) is 11.8 Å². The second-order valence-electron chi connectivity index (χ2n) is 5.12. The highest BCUT2D eigenvalue weighted by Crippen LogP contribution is 2.28. The predicted octanol–water partition coefficient (Wildman–Crippen LogP) is 3.29. The van der Waals surface area contributed by atoms with Crippen LogP contribution in [0.3, 0.4) is 0 Å². The van der Waals surface area contributed by atoms with Crippen LogP contribution in [0.5, 0.6) is 0 Å². The van der Waals surface area contributed by atoms with Crippen molar-refractivity contribution < 1.29 is 4.74 Å². The van der Waals surface area contributed by atoms with Crippen LogP contribution in [-0.4, -0.2) is 36.3 Å². The van der Waals surface area contributed by atoms with Crippen LogP contribution in [0.15, 0.2) is 10.7 Å². The number of aromatic nitrogens is 2. The lowest BCUT2D eigenvalue weighted by Gasteiger charge is -2.10. The van der Waals surface area contributed by atoms with E-state index in [2.05, 4.69) is 43.5 Å². The van der Waals surface area contributed by atoms with Crippen LogP contribution in [0.2, 0.25) is 0 Å². The van der Waals surface area contributed by atoms with Gasteiger partial charge >= 0.3 is 0 Å². The second kappa shape index (κ2) is 8.42. The molecule has 1 fully saturated rings. The Bertz CT molecular complexity index is 412. The zero-order valence-electron chi connectivity index (χ0n) is 12.0. The Labute approximate surface area is 129 Å². The Hall–Kier alpha value is -0.880. The minimum absolute atomic E-state index is 0.669. The van der Waals surface area contributed by atoms with Gasteiger partial charge in [-0.15, -0.1) is 0 Å². The molecule has 0 saturated heterocycles. The van der Waals surface area contributed by atoms with E-state index in [1.165, 1.54) is 12.8 Å². The summed E-state index contributed by atoms with van der Waals surface area (Å²) in [6.07, 6.45) is 6.51. The second-order valence-corrected chi connectivity index (χ2v) is 5.97. The quantitative estimate of drug-likeness (QED) is 0.639. The largest absolute Gasteiger partial charge is 0.381 e. The van der Waals surface area contributed by atoms with E-state index < -0.39 is 0 Å². The molecule has 0 bridgehead atoms. The van der Waals surface area contributed by atoms with Crippen molar-refractivity contribution in [2.75, 3.05) is 36.9 Å². The van der Waals surface area contributed by atoms with E-state index in [1.54, 1.807) is 6.20 Å². The fourth-order valence-corrected chi connectivity index (χ4v) is 2.06. The average Bonchev–Trinajstić information content (AvgIpc) is 3.27. The summed E-state index contributed by atoms with van der Waals surface area (Å²) >= 11 is 3.46. The van der Waals surface area contributed by atoms with Crippen molar-refractivity contribution in [1.29, 1.82) is 0 Å². The van der Waals surface area contributed by atoms with Gasteiger partial charge in [0.1, 0.15) is 5.82 Å².